The Morgan fingerprint density at radius 2 is 1.74 bits per heavy atom. The lowest BCUT2D eigenvalue weighted by molar-refractivity contribution is 0.101. The van der Waals surface area contributed by atoms with Crippen LogP contribution in [0.2, 0.25) is 5.02 Å². The van der Waals surface area contributed by atoms with Crippen molar-refractivity contribution >= 4 is 34.8 Å². The van der Waals surface area contributed by atoms with Crippen LogP contribution in [0, 0.1) is 6.92 Å². The Kier molecular flexibility index (Phi) is 8.84. The van der Waals surface area contributed by atoms with Crippen LogP contribution in [0.15, 0.2) is 53.5 Å². The number of aliphatic hydroxyl groups excluding tert-OH is 1. The van der Waals surface area contributed by atoms with Crippen molar-refractivity contribution in [3.8, 4) is 11.1 Å². The van der Waals surface area contributed by atoms with E-state index in [-0.39, 0.29) is 17.6 Å². The van der Waals surface area contributed by atoms with Gasteiger partial charge in [-0.1, -0.05) is 35.9 Å². The van der Waals surface area contributed by atoms with Crippen molar-refractivity contribution in [1.29, 1.82) is 0 Å². The lowest BCUT2D eigenvalue weighted by Gasteiger charge is -2.21. The summed E-state index contributed by atoms with van der Waals surface area (Å²) in [6, 6.07) is 12.5. The van der Waals surface area contributed by atoms with E-state index in [1.165, 1.54) is 4.57 Å². The predicted octanol–water partition coefficient (Wildman–Crippen LogP) is 3.81. The van der Waals surface area contributed by atoms with Crippen molar-refractivity contribution in [2.24, 2.45) is 14.1 Å². The zero-order chi connectivity index (χ0) is 32.7. The third-order valence-corrected chi connectivity index (χ3v) is 9.31. The molecule has 12 heteroatoms. The number of halogens is 1. The maximum absolute atomic E-state index is 13.5. The van der Waals surface area contributed by atoms with E-state index >= 15 is 0 Å². The van der Waals surface area contributed by atoms with Crippen molar-refractivity contribution in [2.75, 3.05) is 37.3 Å². The number of β-amino-alcohol motifs (C(OH)–C–C–N with tert-alkyl or cyclic N) is 1. The summed E-state index contributed by atoms with van der Waals surface area (Å²) in [5.74, 6) is -0.530. The summed E-state index contributed by atoms with van der Waals surface area (Å²) in [7, 11) is 5.52. The highest BCUT2D eigenvalue weighted by molar-refractivity contribution is 6.36. The molecule has 2 aromatic heterocycles. The molecule has 0 unspecified atom stereocenters. The first kappa shape index (κ1) is 31.7. The monoisotopic (exact) mass is 643 g/mol. The van der Waals surface area contributed by atoms with Crippen LogP contribution in [0.4, 0.5) is 11.4 Å². The van der Waals surface area contributed by atoms with E-state index in [4.69, 9.17) is 11.6 Å². The number of imidazole rings is 1. The first-order valence-corrected chi connectivity index (χ1v) is 15.7. The van der Waals surface area contributed by atoms with E-state index in [0.29, 0.717) is 53.8 Å². The first-order valence-electron chi connectivity index (χ1n) is 15.3. The zero-order valence-corrected chi connectivity index (χ0v) is 27.2. The largest absolute Gasteiger partial charge is 0.392 e. The number of hydrogen-bond acceptors (Lipinski definition) is 7. The number of aromatic nitrogens is 3. The molecule has 2 aliphatic heterocycles. The van der Waals surface area contributed by atoms with Gasteiger partial charge in [-0.05, 0) is 55.3 Å². The molecule has 1 saturated heterocycles. The SMILES string of the molecule is Cc1c(NC(=O)c2cc(CN3CC[C@@H](O)C3)cn(C)c2=O)cccc1-c1cccc(NC(=O)c2nc3c(n2C)CCN(C)C3)c1Cl. The van der Waals surface area contributed by atoms with Gasteiger partial charge in [0.25, 0.3) is 17.4 Å². The maximum atomic E-state index is 13.5. The minimum Gasteiger partial charge on any atom is -0.392 e. The number of nitrogens with one attached hydrogen (secondary N) is 2. The van der Waals surface area contributed by atoms with Gasteiger partial charge in [0.1, 0.15) is 5.56 Å². The normalized spacial score (nSPS) is 16.8. The number of nitrogens with zero attached hydrogens (tertiary/aromatic N) is 5. The van der Waals surface area contributed by atoms with E-state index in [2.05, 4.69) is 25.4 Å². The van der Waals surface area contributed by atoms with Crippen molar-refractivity contribution in [3.05, 3.63) is 97.9 Å². The van der Waals surface area contributed by atoms with E-state index in [9.17, 15) is 19.5 Å². The van der Waals surface area contributed by atoms with E-state index in [1.54, 1.807) is 31.4 Å². The molecule has 6 rings (SSSR count). The second-order valence-electron chi connectivity index (χ2n) is 12.3. The van der Waals surface area contributed by atoms with Crippen LogP contribution in [0.3, 0.4) is 0 Å². The van der Waals surface area contributed by atoms with Crippen LogP contribution in [0.1, 0.15) is 49.9 Å². The number of benzene rings is 2. The molecule has 0 saturated carbocycles. The van der Waals surface area contributed by atoms with Gasteiger partial charge in [0.15, 0.2) is 5.82 Å². The van der Waals surface area contributed by atoms with Gasteiger partial charge < -0.3 is 29.8 Å². The number of amides is 2. The van der Waals surface area contributed by atoms with Gasteiger partial charge >= 0.3 is 0 Å². The van der Waals surface area contributed by atoms with E-state index < -0.39 is 11.5 Å². The molecular formula is C34H38ClN7O4. The number of aryl methyl sites for hydroxylation is 1. The van der Waals surface area contributed by atoms with Crippen LogP contribution < -0.4 is 16.2 Å². The highest BCUT2D eigenvalue weighted by atomic mass is 35.5. The standard InChI is InChI=1S/C34H38ClN7O4/c1-20-23(24-8-6-10-27(30(24)35)38-33(45)31-36-28-19-39(2)13-12-29(28)41(31)4)7-5-9-26(20)37-32(44)25-15-21(16-40(3)34(25)46)17-42-14-11-22(43)18-42/h5-10,15-16,22,43H,11-14,17-19H2,1-4H3,(H,37,44)(H,38,45)/t22-/m1/s1. The van der Waals surface area contributed by atoms with Crippen molar-refractivity contribution in [1.82, 2.24) is 23.9 Å². The summed E-state index contributed by atoms with van der Waals surface area (Å²) in [6.45, 7) is 5.33. The summed E-state index contributed by atoms with van der Waals surface area (Å²) < 4.78 is 3.27. The zero-order valence-electron chi connectivity index (χ0n) is 26.4. The summed E-state index contributed by atoms with van der Waals surface area (Å²) in [5.41, 5.74) is 5.60. The molecule has 4 heterocycles. The quantitative estimate of drug-likeness (QED) is 0.280. The topological polar surface area (TPSA) is 125 Å². The van der Waals surface area contributed by atoms with Gasteiger partial charge in [-0.15, -0.1) is 0 Å². The second kappa shape index (κ2) is 12.8. The number of anilines is 2. The fourth-order valence-electron chi connectivity index (χ4n) is 6.37. The van der Waals surface area contributed by atoms with Gasteiger partial charge in [-0.2, -0.15) is 0 Å². The predicted molar refractivity (Wildman–Crippen MR) is 178 cm³/mol. The minimum absolute atomic E-state index is 0.0369. The Balaban J connectivity index is 1.23. The lowest BCUT2D eigenvalue weighted by atomic mass is 9.98. The number of carbonyl (C=O) groups is 2. The number of likely N-dealkylation sites (N-methyl/N-ethyl adjacent to an activating group) is 1. The summed E-state index contributed by atoms with van der Waals surface area (Å²) in [5, 5.41) is 16.1. The molecule has 1 fully saturated rings. The third-order valence-electron chi connectivity index (χ3n) is 8.91. The van der Waals surface area contributed by atoms with Crippen LogP contribution >= 0.6 is 11.6 Å². The van der Waals surface area contributed by atoms with Crippen molar-refractivity contribution in [2.45, 2.75) is 39.0 Å². The number of rotatable bonds is 7. The molecule has 0 spiro atoms. The van der Waals surface area contributed by atoms with Crippen molar-refractivity contribution in [3.63, 3.8) is 0 Å². The van der Waals surface area contributed by atoms with Gasteiger partial charge in [0.2, 0.25) is 0 Å². The Hall–Kier alpha value is -4.29. The number of pyridine rings is 1. The fraction of sp³-hybridized carbons (Fsp3) is 0.353. The molecule has 0 bridgehead atoms. The van der Waals surface area contributed by atoms with Crippen LogP contribution in [0.5, 0.6) is 0 Å². The third kappa shape index (κ3) is 6.23. The molecule has 3 N–H and O–H groups in total. The molecule has 46 heavy (non-hydrogen) atoms. The number of aliphatic hydroxyl groups is 1. The van der Waals surface area contributed by atoms with Crippen molar-refractivity contribution < 1.29 is 14.7 Å². The molecular weight excluding hydrogens is 606 g/mol. The highest BCUT2D eigenvalue weighted by Crippen LogP contribution is 2.37. The molecule has 2 aromatic carbocycles. The molecule has 0 aliphatic carbocycles. The Labute approximate surface area is 272 Å². The van der Waals surface area contributed by atoms with Crippen LogP contribution in [-0.4, -0.2) is 73.6 Å². The number of fused-ring (bicyclic) bond motifs is 1. The highest BCUT2D eigenvalue weighted by Gasteiger charge is 2.25. The first-order chi connectivity index (χ1) is 22.0. The molecule has 240 valence electrons. The Bertz CT molecular complexity index is 1900. The van der Waals surface area contributed by atoms with E-state index in [1.807, 2.05) is 49.9 Å². The Morgan fingerprint density at radius 3 is 2.48 bits per heavy atom. The van der Waals surface area contributed by atoms with Gasteiger partial charge in [0, 0.05) is 76.4 Å². The molecule has 0 radical (unpaired) electrons. The maximum Gasteiger partial charge on any atom is 0.291 e. The van der Waals surface area contributed by atoms with Gasteiger partial charge in [-0.25, -0.2) is 4.98 Å². The fourth-order valence-corrected chi connectivity index (χ4v) is 6.65. The molecule has 11 nitrogen and oxygen atoms in total. The molecule has 1 atom stereocenters. The van der Waals surface area contributed by atoms with Gasteiger partial charge in [-0.3, -0.25) is 19.3 Å². The smallest absolute Gasteiger partial charge is 0.291 e. The average molecular weight is 644 g/mol. The Morgan fingerprint density at radius 1 is 1.02 bits per heavy atom. The van der Waals surface area contributed by atoms with Crippen LogP contribution in [-0.2, 0) is 33.6 Å². The van der Waals surface area contributed by atoms with Crippen LogP contribution in [0.25, 0.3) is 11.1 Å². The summed E-state index contributed by atoms with van der Waals surface area (Å²) >= 11 is 6.90. The number of hydrogen-bond donors (Lipinski definition) is 3. The number of carbonyl (C=O) groups excluding carboxylic acids is 2. The lowest BCUT2D eigenvalue weighted by Crippen LogP contribution is -2.29. The average Bonchev–Trinajstić information content (AvgIpc) is 3.58. The molecule has 2 aliphatic rings. The summed E-state index contributed by atoms with van der Waals surface area (Å²) in [4.78, 5) is 48.7. The molecule has 4 aromatic rings. The molecule has 2 amide bonds. The second-order valence-corrected chi connectivity index (χ2v) is 12.7. The van der Waals surface area contributed by atoms with E-state index in [0.717, 1.165) is 47.6 Å². The minimum atomic E-state index is -0.514. The number of likely N-dealkylation sites (tertiary alicyclic amines) is 1. The van der Waals surface area contributed by atoms with Gasteiger partial charge in [0.05, 0.1) is 22.5 Å². The summed E-state index contributed by atoms with van der Waals surface area (Å²) in [6.07, 6.45) is 2.90.